The van der Waals surface area contributed by atoms with Crippen LogP contribution in [0.2, 0.25) is 0 Å². The molecule has 1 saturated heterocycles. The summed E-state index contributed by atoms with van der Waals surface area (Å²) in [6, 6.07) is 3.78. The molecule has 1 atom stereocenters. The van der Waals surface area contributed by atoms with Gasteiger partial charge in [0.2, 0.25) is 0 Å². The first-order chi connectivity index (χ1) is 8.02. The molecule has 2 heterocycles. The van der Waals surface area contributed by atoms with Gasteiger partial charge < -0.3 is 4.90 Å². The lowest BCUT2D eigenvalue weighted by molar-refractivity contribution is 0.600. The number of rotatable bonds is 3. The zero-order valence-corrected chi connectivity index (χ0v) is 11.2. The van der Waals surface area contributed by atoms with Gasteiger partial charge in [-0.3, -0.25) is 0 Å². The number of aromatic nitrogens is 1. The maximum atomic E-state index is 11.4. The van der Waals surface area contributed by atoms with Crippen molar-refractivity contribution in [3.63, 3.8) is 0 Å². The van der Waals surface area contributed by atoms with Crippen LogP contribution >= 0.6 is 11.6 Å². The normalized spacial score (nSPS) is 22.6. The van der Waals surface area contributed by atoms with Crippen LogP contribution in [0.3, 0.4) is 0 Å². The maximum Gasteiger partial charge on any atom is 0.152 e. The summed E-state index contributed by atoms with van der Waals surface area (Å²) in [5.74, 6) is 1.71. The lowest BCUT2D eigenvalue weighted by Gasteiger charge is -2.24. The standard InChI is InChI=1S/C11H15ClN2O2S/c1-14(10-3-5-17(15,16)8-10)11-6-9(7-12)2-4-13-11/h2,4,6,10H,3,5,7-8H2,1H3. The molecule has 1 unspecified atom stereocenters. The lowest BCUT2D eigenvalue weighted by Crippen LogP contribution is -2.33. The summed E-state index contributed by atoms with van der Waals surface area (Å²) in [5.41, 5.74) is 0.990. The van der Waals surface area contributed by atoms with Crippen molar-refractivity contribution in [3.8, 4) is 0 Å². The van der Waals surface area contributed by atoms with Crippen LogP contribution in [0.25, 0.3) is 0 Å². The van der Waals surface area contributed by atoms with Gasteiger partial charge in [0.1, 0.15) is 5.82 Å². The molecule has 0 saturated carbocycles. The molecule has 0 amide bonds. The third-order valence-electron chi connectivity index (χ3n) is 3.08. The van der Waals surface area contributed by atoms with Crippen molar-refractivity contribution < 1.29 is 8.42 Å². The fraction of sp³-hybridized carbons (Fsp3) is 0.545. The van der Waals surface area contributed by atoms with E-state index in [1.807, 2.05) is 24.1 Å². The second-order valence-corrected chi connectivity index (χ2v) is 6.82. The summed E-state index contributed by atoms with van der Waals surface area (Å²) in [5, 5.41) is 0. The van der Waals surface area contributed by atoms with Gasteiger partial charge >= 0.3 is 0 Å². The second kappa shape index (κ2) is 4.82. The van der Waals surface area contributed by atoms with Crippen LogP contribution in [0, 0.1) is 0 Å². The quantitative estimate of drug-likeness (QED) is 0.783. The van der Waals surface area contributed by atoms with E-state index in [1.54, 1.807) is 6.20 Å². The van der Waals surface area contributed by atoms with E-state index in [9.17, 15) is 8.42 Å². The van der Waals surface area contributed by atoms with Crippen molar-refractivity contribution in [1.29, 1.82) is 0 Å². The minimum absolute atomic E-state index is 0.0260. The van der Waals surface area contributed by atoms with Crippen LogP contribution in [-0.2, 0) is 15.7 Å². The summed E-state index contributed by atoms with van der Waals surface area (Å²) >= 11 is 5.77. The Balaban J connectivity index is 2.17. The minimum atomic E-state index is -2.86. The van der Waals surface area contributed by atoms with E-state index in [-0.39, 0.29) is 17.5 Å². The highest BCUT2D eigenvalue weighted by Gasteiger charge is 2.31. The number of halogens is 1. The van der Waals surface area contributed by atoms with E-state index in [4.69, 9.17) is 11.6 Å². The number of pyridine rings is 1. The summed E-state index contributed by atoms with van der Waals surface area (Å²) in [4.78, 5) is 6.18. The third kappa shape index (κ3) is 2.90. The maximum absolute atomic E-state index is 11.4. The van der Waals surface area contributed by atoms with Crippen LogP contribution in [0.5, 0.6) is 0 Å². The summed E-state index contributed by atoms with van der Waals surface area (Å²) in [6.07, 6.45) is 2.37. The molecule has 2 rings (SSSR count). The number of hydrogen-bond donors (Lipinski definition) is 0. The van der Waals surface area contributed by atoms with Crippen LogP contribution in [0.4, 0.5) is 5.82 Å². The highest BCUT2D eigenvalue weighted by molar-refractivity contribution is 7.91. The molecule has 0 bridgehead atoms. The fourth-order valence-electron chi connectivity index (χ4n) is 2.00. The number of anilines is 1. The van der Waals surface area contributed by atoms with Gasteiger partial charge in [0.15, 0.2) is 9.84 Å². The van der Waals surface area contributed by atoms with Gasteiger partial charge in [-0.1, -0.05) is 0 Å². The largest absolute Gasteiger partial charge is 0.356 e. The van der Waals surface area contributed by atoms with Crippen molar-refractivity contribution in [2.24, 2.45) is 0 Å². The van der Waals surface area contributed by atoms with Gasteiger partial charge in [-0.2, -0.15) is 0 Å². The topological polar surface area (TPSA) is 50.3 Å². The van der Waals surface area contributed by atoms with E-state index in [0.29, 0.717) is 12.3 Å². The molecule has 1 aliphatic heterocycles. The van der Waals surface area contributed by atoms with Gasteiger partial charge in [-0.15, -0.1) is 11.6 Å². The highest BCUT2D eigenvalue weighted by atomic mass is 35.5. The van der Waals surface area contributed by atoms with Crippen molar-refractivity contribution in [2.45, 2.75) is 18.3 Å². The van der Waals surface area contributed by atoms with Crippen LogP contribution in [-0.4, -0.2) is 38.0 Å². The Morgan fingerprint density at radius 3 is 2.94 bits per heavy atom. The predicted octanol–water partition coefficient (Wildman–Crippen LogP) is 1.44. The monoisotopic (exact) mass is 274 g/mol. The average molecular weight is 275 g/mol. The van der Waals surface area contributed by atoms with Gasteiger partial charge in [-0.25, -0.2) is 13.4 Å². The number of sulfone groups is 1. The van der Waals surface area contributed by atoms with E-state index in [1.165, 1.54) is 0 Å². The number of hydrogen-bond acceptors (Lipinski definition) is 4. The fourth-order valence-corrected chi connectivity index (χ4v) is 3.95. The molecule has 4 nitrogen and oxygen atoms in total. The Morgan fingerprint density at radius 1 is 1.59 bits per heavy atom. The smallest absolute Gasteiger partial charge is 0.152 e. The molecule has 1 aliphatic rings. The predicted molar refractivity (Wildman–Crippen MR) is 69.3 cm³/mol. The van der Waals surface area contributed by atoms with Crippen molar-refractivity contribution in [2.75, 3.05) is 23.5 Å². The van der Waals surface area contributed by atoms with Crippen LogP contribution < -0.4 is 4.90 Å². The van der Waals surface area contributed by atoms with Crippen molar-refractivity contribution in [3.05, 3.63) is 23.9 Å². The second-order valence-electron chi connectivity index (χ2n) is 4.32. The Morgan fingerprint density at radius 2 is 2.35 bits per heavy atom. The molecule has 1 fully saturated rings. The average Bonchev–Trinajstić information content (AvgIpc) is 2.69. The highest BCUT2D eigenvalue weighted by Crippen LogP contribution is 2.22. The molecule has 0 aliphatic carbocycles. The molecule has 17 heavy (non-hydrogen) atoms. The Hall–Kier alpha value is -0.810. The zero-order chi connectivity index (χ0) is 12.5. The van der Waals surface area contributed by atoms with Crippen LogP contribution in [0.15, 0.2) is 18.3 Å². The minimum Gasteiger partial charge on any atom is -0.356 e. The summed E-state index contributed by atoms with van der Waals surface area (Å²) < 4.78 is 22.9. The first kappa shape index (κ1) is 12.6. The van der Waals surface area contributed by atoms with Gasteiger partial charge in [0, 0.05) is 25.2 Å². The van der Waals surface area contributed by atoms with Gasteiger partial charge in [0.25, 0.3) is 0 Å². The third-order valence-corrected chi connectivity index (χ3v) is 5.14. The van der Waals surface area contributed by atoms with E-state index < -0.39 is 9.84 Å². The molecule has 1 aromatic rings. The van der Waals surface area contributed by atoms with E-state index >= 15 is 0 Å². The Bertz CT molecular complexity index is 504. The molecule has 0 radical (unpaired) electrons. The van der Waals surface area contributed by atoms with Crippen LogP contribution in [0.1, 0.15) is 12.0 Å². The molecular weight excluding hydrogens is 260 g/mol. The van der Waals surface area contributed by atoms with E-state index in [2.05, 4.69) is 4.98 Å². The summed E-state index contributed by atoms with van der Waals surface area (Å²) in [6.45, 7) is 0. The Kier molecular flexibility index (Phi) is 3.58. The number of nitrogens with zero attached hydrogens (tertiary/aromatic N) is 2. The van der Waals surface area contributed by atoms with Crippen molar-refractivity contribution in [1.82, 2.24) is 4.98 Å². The van der Waals surface area contributed by atoms with E-state index in [0.717, 1.165) is 11.4 Å². The molecule has 0 N–H and O–H groups in total. The molecule has 0 aromatic carbocycles. The molecule has 1 aromatic heterocycles. The number of alkyl halides is 1. The molecule has 94 valence electrons. The first-order valence-corrected chi connectivity index (χ1v) is 7.81. The summed E-state index contributed by atoms with van der Waals surface area (Å²) in [7, 11) is -0.979. The zero-order valence-electron chi connectivity index (χ0n) is 9.63. The Labute approximate surface area is 107 Å². The first-order valence-electron chi connectivity index (χ1n) is 5.46. The molecule has 0 spiro atoms. The molecular formula is C11H15ClN2O2S. The van der Waals surface area contributed by atoms with Crippen molar-refractivity contribution >= 4 is 27.3 Å². The molecule has 6 heteroatoms. The lowest BCUT2D eigenvalue weighted by atomic mass is 10.2. The van der Waals surface area contributed by atoms with Gasteiger partial charge in [0.05, 0.1) is 11.5 Å². The SMILES string of the molecule is CN(c1cc(CCl)ccn1)C1CCS(=O)(=O)C1. The van der Waals surface area contributed by atoms with Gasteiger partial charge in [-0.05, 0) is 24.1 Å².